The Balaban J connectivity index is 2.09. The van der Waals surface area contributed by atoms with E-state index in [9.17, 15) is 25.2 Å². The molecule has 0 aromatic carbocycles. The third-order valence-corrected chi connectivity index (χ3v) is 7.47. The first kappa shape index (κ1) is 19.0. The summed E-state index contributed by atoms with van der Waals surface area (Å²) in [6.07, 6.45) is 1.54. The molecule has 0 aliphatic heterocycles. The predicted octanol–water partition coefficient (Wildman–Crippen LogP) is 1.57. The van der Waals surface area contributed by atoms with Gasteiger partial charge in [0.25, 0.3) is 0 Å². The van der Waals surface area contributed by atoms with Crippen LogP contribution in [-0.4, -0.2) is 50.1 Å². The number of aliphatic hydroxyl groups excluding tert-OH is 3. The van der Waals surface area contributed by atoms with Crippen molar-refractivity contribution < 1.29 is 25.2 Å². The highest BCUT2D eigenvalue weighted by molar-refractivity contribution is 5.88. The molecule has 0 saturated heterocycles. The summed E-state index contributed by atoms with van der Waals surface area (Å²) in [5.41, 5.74) is -1.66. The average Bonchev–Trinajstić information content (AvgIpc) is 2.63. The van der Waals surface area contributed by atoms with E-state index in [1.54, 1.807) is 20.8 Å². The molecular weight excluding hydrogens is 320 g/mol. The smallest absolute Gasteiger partial charge is 0.169 e. The fourth-order valence-electron chi connectivity index (χ4n) is 5.87. The van der Waals surface area contributed by atoms with E-state index in [0.717, 1.165) is 18.4 Å². The number of rotatable bonds is 0. The highest BCUT2D eigenvalue weighted by atomic mass is 16.3. The first-order chi connectivity index (χ1) is 11.4. The van der Waals surface area contributed by atoms with Gasteiger partial charge in [0.1, 0.15) is 6.10 Å². The minimum absolute atomic E-state index is 0.00332. The van der Waals surface area contributed by atoms with E-state index in [1.807, 2.05) is 13.0 Å². The molecule has 5 nitrogen and oxygen atoms in total. The van der Waals surface area contributed by atoms with E-state index >= 15 is 0 Å². The Hall–Kier alpha value is -0.750. The van der Waals surface area contributed by atoms with E-state index in [4.69, 9.17) is 0 Å². The van der Waals surface area contributed by atoms with Crippen molar-refractivity contribution in [2.45, 2.75) is 83.7 Å². The van der Waals surface area contributed by atoms with Gasteiger partial charge in [-0.3, -0.25) is 4.79 Å². The molecule has 2 bridgehead atoms. The minimum Gasteiger partial charge on any atom is -0.392 e. The Bertz CT molecular complexity index is 593. The van der Waals surface area contributed by atoms with Crippen molar-refractivity contribution in [1.82, 2.24) is 0 Å². The first-order valence-corrected chi connectivity index (χ1v) is 9.41. The standard InChI is InChI=1S/C20H32O5/c1-11-5-8-15(22)18(2,3)17(24)14(21)9-20-10-19(4,25)13(16(20)23)7-6-12(11)20/h5,12-16,21-23,25H,6-10H2,1-4H3/b11-5+/t12-,13+,14+,15-,16+,19+,20-/m0/s1. The minimum atomic E-state index is -1.25. The molecule has 25 heavy (non-hydrogen) atoms. The molecule has 3 aliphatic rings. The number of hydrogen-bond acceptors (Lipinski definition) is 5. The molecule has 2 fully saturated rings. The lowest BCUT2D eigenvalue weighted by Crippen LogP contribution is -2.51. The van der Waals surface area contributed by atoms with Crippen LogP contribution < -0.4 is 0 Å². The number of carbonyl (C=O) groups is 1. The van der Waals surface area contributed by atoms with Crippen LogP contribution in [0.3, 0.4) is 0 Å². The maximum absolute atomic E-state index is 12.8. The summed E-state index contributed by atoms with van der Waals surface area (Å²) in [5.74, 6) is -0.606. The van der Waals surface area contributed by atoms with Crippen molar-refractivity contribution in [1.29, 1.82) is 0 Å². The van der Waals surface area contributed by atoms with Crippen LogP contribution in [-0.2, 0) is 4.79 Å². The summed E-state index contributed by atoms with van der Waals surface area (Å²) in [6.45, 7) is 7.09. The van der Waals surface area contributed by atoms with Crippen LogP contribution in [0.25, 0.3) is 0 Å². The van der Waals surface area contributed by atoms with Gasteiger partial charge in [0.2, 0.25) is 0 Å². The number of ketones is 1. The molecule has 1 spiro atoms. The number of fused-ring (bicyclic) bond motifs is 1. The van der Waals surface area contributed by atoms with Crippen LogP contribution in [0.2, 0.25) is 0 Å². The molecule has 2 saturated carbocycles. The largest absolute Gasteiger partial charge is 0.392 e. The molecule has 0 heterocycles. The van der Waals surface area contributed by atoms with Crippen LogP contribution in [0, 0.1) is 22.7 Å². The van der Waals surface area contributed by atoms with E-state index in [-0.39, 0.29) is 24.0 Å². The second kappa shape index (κ2) is 5.88. The van der Waals surface area contributed by atoms with Gasteiger partial charge in [-0.2, -0.15) is 0 Å². The van der Waals surface area contributed by atoms with Crippen molar-refractivity contribution in [2.24, 2.45) is 22.7 Å². The molecule has 0 aromatic heterocycles. The summed E-state index contributed by atoms with van der Waals surface area (Å²) in [4.78, 5) is 12.8. The van der Waals surface area contributed by atoms with E-state index in [1.165, 1.54) is 0 Å². The Kier molecular flexibility index (Phi) is 4.47. The molecule has 0 amide bonds. The molecule has 0 unspecified atom stereocenters. The van der Waals surface area contributed by atoms with Crippen molar-refractivity contribution in [3.05, 3.63) is 11.6 Å². The maximum atomic E-state index is 12.8. The lowest BCUT2D eigenvalue weighted by Gasteiger charge is -2.47. The van der Waals surface area contributed by atoms with Crippen LogP contribution in [0.4, 0.5) is 0 Å². The van der Waals surface area contributed by atoms with Crippen molar-refractivity contribution >= 4 is 5.78 Å². The fraction of sp³-hybridized carbons (Fsp3) is 0.850. The average molecular weight is 352 g/mol. The highest BCUT2D eigenvalue weighted by Crippen LogP contribution is 2.62. The Morgan fingerprint density at radius 3 is 2.40 bits per heavy atom. The van der Waals surface area contributed by atoms with Crippen molar-refractivity contribution in [3.63, 3.8) is 0 Å². The van der Waals surface area contributed by atoms with Crippen LogP contribution in [0.1, 0.15) is 59.8 Å². The van der Waals surface area contributed by atoms with E-state index in [0.29, 0.717) is 12.8 Å². The van der Waals surface area contributed by atoms with Gasteiger partial charge in [0.15, 0.2) is 5.78 Å². The molecule has 3 rings (SSSR count). The molecule has 142 valence electrons. The molecule has 4 N–H and O–H groups in total. The molecule has 3 aliphatic carbocycles. The highest BCUT2D eigenvalue weighted by Gasteiger charge is 2.64. The number of allylic oxidation sites excluding steroid dienone is 1. The van der Waals surface area contributed by atoms with Gasteiger partial charge in [-0.05, 0) is 51.9 Å². The van der Waals surface area contributed by atoms with E-state index in [2.05, 4.69) is 0 Å². The maximum Gasteiger partial charge on any atom is 0.169 e. The predicted molar refractivity (Wildman–Crippen MR) is 93.7 cm³/mol. The van der Waals surface area contributed by atoms with Crippen molar-refractivity contribution in [3.8, 4) is 0 Å². The van der Waals surface area contributed by atoms with Gasteiger partial charge >= 0.3 is 0 Å². The zero-order valence-corrected chi connectivity index (χ0v) is 15.7. The van der Waals surface area contributed by atoms with Gasteiger partial charge < -0.3 is 20.4 Å². The first-order valence-electron chi connectivity index (χ1n) is 9.41. The third-order valence-electron chi connectivity index (χ3n) is 7.47. The van der Waals surface area contributed by atoms with Gasteiger partial charge in [-0.15, -0.1) is 0 Å². The molecule has 5 heteroatoms. The third kappa shape index (κ3) is 2.71. The second-order valence-electron chi connectivity index (χ2n) is 9.45. The van der Waals surface area contributed by atoms with E-state index < -0.39 is 34.7 Å². The van der Waals surface area contributed by atoms with Gasteiger partial charge in [-0.1, -0.05) is 25.5 Å². The summed E-state index contributed by atoms with van der Waals surface area (Å²) >= 11 is 0. The Labute approximate surface area is 149 Å². The normalized spacial score (nSPS) is 52.2. The zero-order chi connectivity index (χ0) is 18.8. The van der Waals surface area contributed by atoms with Gasteiger partial charge in [0.05, 0.1) is 23.2 Å². The monoisotopic (exact) mass is 352 g/mol. The number of hydrogen-bond donors (Lipinski definition) is 4. The Morgan fingerprint density at radius 1 is 1.12 bits per heavy atom. The number of carbonyl (C=O) groups excluding carboxylic acids is 1. The molecular formula is C20H32O5. The topological polar surface area (TPSA) is 98.0 Å². The lowest BCUT2D eigenvalue weighted by molar-refractivity contribution is -0.147. The second-order valence-corrected chi connectivity index (χ2v) is 9.45. The van der Waals surface area contributed by atoms with Crippen LogP contribution in [0.5, 0.6) is 0 Å². The van der Waals surface area contributed by atoms with Crippen molar-refractivity contribution in [2.75, 3.05) is 0 Å². The fourth-order valence-corrected chi connectivity index (χ4v) is 5.87. The molecule has 7 atom stereocenters. The van der Waals surface area contributed by atoms with Gasteiger partial charge in [-0.25, -0.2) is 0 Å². The number of aliphatic hydroxyl groups is 4. The molecule has 0 aromatic rings. The summed E-state index contributed by atoms with van der Waals surface area (Å²) in [6, 6.07) is 0. The van der Waals surface area contributed by atoms with Crippen LogP contribution >= 0.6 is 0 Å². The number of Topliss-reactive ketones (excluding diaryl/α,β-unsaturated/α-hetero) is 1. The molecule has 0 radical (unpaired) electrons. The summed E-state index contributed by atoms with van der Waals surface area (Å²) in [5, 5.41) is 43.1. The lowest BCUT2D eigenvalue weighted by atomic mass is 9.59. The summed E-state index contributed by atoms with van der Waals surface area (Å²) < 4.78 is 0. The Morgan fingerprint density at radius 2 is 1.76 bits per heavy atom. The SMILES string of the molecule is C/C1=C\C[C@H](O)C(C)(C)C(=O)[C@H](O)C[C@]23C[C@@](C)(O)[C@H](CC[C@@H]12)[C@H]3O. The summed E-state index contributed by atoms with van der Waals surface area (Å²) in [7, 11) is 0. The van der Waals surface area contributed by atoms with Gasteiger partial charge in [0, 0.05) is 11.3 Å². The quantitative estimate of drug-likeness (QED) is 0.496. The van der Waals surface area contributed by atoms with Crippen LogP contribution in [0.15, 0.2) is 11.6 Å². The zero-order valence-electron chi connectivity index (χ0n) is 15.7.